The summed E-state index contributed by atoms with van der Waals surface area (Å²) in [6.07, 6.45) is 5.08. The number of hydrogen-bond acceptors (Lipinski definition) is 3. The van der Waals surface area contributed by atoms with Gasteiger partial charge < -0.3 is 14.8 Å². The highest BCUT2D eigenvalue weighted by molar-refractivity contribution is 5.33. The first kappa shape index (κ1) is 15.3. The number of rotatable bonds is 7. The van der Waals surface area contributed by atoms with Crippen LogP contribution in [-0.2, 0) is 4.74 Å². The second-order valence-electron chi connectivity index (χ2n) is 5.64. The second kappa shape index (κ2) is 8.28. The Morgan fingerprint density at radius 1 is 1.10 bits per heavy atom. The fourth-order valence-corrected chi connectivity index (χ4v) is 2.52. The highest BCUT2D eigenvalue weighted by Gasteiger charge is 2.11. The van der Waals surface area contributed by atoms with Crippen LogP contribution in [-0.4, -0.2) is 32.4 Å². The molecule has 112 valence electrons. The van der Waals surface area contributed by atoms with Gasteiger partial charge in [-0.3, -0.25) is 0 Å². The highest BCUT2D eigenvalue weighted by Crippen LogP contribution is 2.16. The third-order valence-corrected chi connectivity index (χ3v) is 4.00. The molecule has 1 aromatic carbocycles. The SMILES string of the molecule is Cc1ccc(OCCOCCC2CCCCN2)cc1C. The van der Waals surface area contributed by atoms with E-state index in [1.807, 2.05) is 6.07 Å². The second-order valence-corrected chi connectivity index (χ2v) is 5.64. The molecule has 1 fully saturated rings. The van der Waals surface area contributed by atoms with Gasteiger partial charge in [-0.25, -0.2) is 0 Å². The first-order chi connectivity index (χ1) is 9.75. The van der Waals surface area contributed by atoms with E-state index >= 15 is 0 Å². The lowest BCUT2D eigenvalue weighted by Gasteiger charge is -2.23. The molecule has 1 aliphatic rings. The van der Waals surface area contributed by atoms with E-state index in [0.29, 0.717) is 19.3 Å². The number of ether oxygens (including phenoxy) is 2. The lowest BCUT2D eigenvalue weighted by atomic mass is 10.0. The number of piperidine rings is 1. The van der Waals surface area contributed by atoms with E-state index in [-0.39, 0.29) is 0 Å². The van der Waals surface area contributed by atoms with Crippen LogP contribution in [0.1, 0.15) is 36.8 Å². The minimum absolute atomic E-state index is 0.626. The average Bonchev–Trinajstić information content (AvgIpc) is 2.47. The number of benzene rings is 1. The summed E-state index contributed by atoms with van der Waals surface area (Å²) in [7, 11) is 0. The number of aryl methyl sites for hydroxylation is 2. The predicted octanol–water partition coefficient (Wildman–Crippen LogP) is 3.23. The number of nitrogens with one attached hydrogen (secondary N) is 1. The summed E-state index contributed by atoms with van der Waals surface area (Å²) in [5.74, 6) is 0.936. The zero-order chi connectivity index (χ0) is 14.2. The molecular weight excluding hydrogens is 250 g/mol. The van der Waals surface area contributed by atoms with Crippen LogP contribution in [0.3, 0.4) is 0 Å². The topological polar surface area (TPSA) is 30.5 Å². The maximum Gasteiger partial charge on any atom is 0.119 e. The Hall–Kier alpha value is -1.06. The van der Waals surface area contributed by atoms with Gasteiger partial charge in [0.25, 0.3) is 0 Å². The molecule has 0 saturated carbocycles. The third kappa shape index (κ3) is 5.14. The van der Waals surface area contributed by atoms with Crippen LogP contribution in [0.25, 0.3) is 0 Å². The summed E-state index contributed by atoms with van der Waals surface area (Å²) in [6, 6.07) is 6.86. The maximum atomic E-state index is 5.69. The van der Waals surface area contributed by atoms with E-state index in [1.54, 1.807) is 0 Å². The van der Waals surface area contributed by atoms with E-state index in [1.165, 1.54) is 36.9 Å². The van der Waals surface area contributed by atoms with E-state index in [2.05, 4.69) is 31.3 Å². The van der Waals surface area contributed by atoms with Crippen molar-refractivity contribution in [1.82, 2.24) is 5.32 Å². The molecule has 0 aromatic heterocycles. The zero-order valence-corrected chi connectivity index (χ0v) is 12.8. The largest absolute Gasteiger partial charge is 0.491 e. The Balaban J connectivity index is 1.53. The Morgan fingerprint density at radius 2 is 2.00 bits per heavy atom. The van der Waals surface area contributed by atoms with Crippen LogP contribution in [0, 0.1) is 13.8 Å². The lowest BCUT2D eigenvalue weighted by molar-refractivity contribution is 0.0911. The molecule has 0 aliphatic carbocycles. The van der Waals surface area contributed by atoms with Crippen molar-refractivity contribution in [1.29, 1.82) is 0 Å². The van der Waals surface area contributed by atoms with Gasteiger partial charge in [-0.1, -0.05) is 12.5 Å². The summed E-state index contributed by atoms with van der Waals surface area (Å²) in [4.78, 5) is 0. The van der Waals surface area contributed by atoms with Gasteiger partial charge in [0.2, 0.25) is 0 Å². The molecule has 1 aromatic rings. The molecule has 1 atom stereocenters. The summed E-state index contributed by atoms with van der Waals surface area (Å²) >= 11 is 0. The normalized spacial score (nSPS) is 19.0. The van der Waals surface area contributed by atoms with Gasteiger partial charge in [0.1, 0.15) is 12.4 Å². The van der Waals surface area contributed by atoms with Crippen molar-refractivity contribution < 1.29 is 9.47 Å². The average molecular weight is 277 g/mol. The molecule has 1 unspecified atom stereocenters. The lowest BCUT2D eigenvalue weighted by Crippen LogP contribution is -2.34. The Labute approximate surface area is 122 Å². The summed E-state index contributed by atoms with van der Waals surface area (Å²) < 4.78 is 11.3. The Morgan fingerprint density at radius 3 is 2.75 bits per heavy atom. The summed E-state index contributed by atoms with van der Waals surface area (Å²) in [5, 5.41) is 3.54. The summed E-state index contributed by atoms with van der Waals surface area (Å²) in [6.45, 7) is 7.51. The minimum Gasteiger partial charge on any atom is -0.491 e. The highest BCUT2D eigenvalue weighted by atomic mass is 16.5. The first-order valence-corrected chi connectivity index (χ1v) is 7.77. The smallest absolute Gasteiger partial charge is 0.119 e. The monoisotopic (exact) mass is 277 g/mol. The van der Waals surface area contributed by atoms with E-state index in [0.717, 1.165) is 18.8 Å². The van der Waals surface area contributed by atoms with Gasteiger partial charge in [-0.05, 0) is 62.9 Å². The van der Waals surface area contributed by atoms with E-state index in [9.17, 15) is 0 Å². The fraction of sp³-hybridized carbons (Fsp3) is 0.647. The van der Waals surface area contributed by atoms with Crippen molar-refractivity contribution in [2.24, 2.45) is 0 Å². The first-order valence-electron chi connectivity index (χ1n) is 7.77. The molecular formula is C17H27NO2. The molecule has 2 rings (SSSR count). The molecule has 1 N–H and O–H groups in total. The molecule has 0 bridgehead atoms. The van der Waals surface area contributed by atoms with Crippen LogP contribution >= 0.6 is 0 Å². The van der Waals surface area contributed by atoms with Crippen LogP contribution in [0.15, 0.2) is 18.2 Å². The van der Waals surface area contributed by atoms with Gasteiger partial charge in [0.15, 0.2) is 0 Å². The molecule has 1 aliphatic heterocycles. The molecule has 3 nitrogen and oxygen atoms in total. The van der Waals surface area contributed by atoms with Crippen LogP contribution in [0.4, 0.5) is 0 Å². The van der Waals surface area contributed by atoms with E-state index < -0.39 is 0 Å². The molecule has 1 saturated heterocycles. The standard InChI is InChI=1S/C17H27NO2/c1-14-6-7-17(13-15(14)2)20-12-11-19-10-8-16-5-3-4-9-18-16/h6-7,13,16,18H,3-5,8-12H2,1-2H3. The maximum absolute atomic E-state index is 5.69. The van der Waals surface area contributed by atoms with Gasteiger partial charge in [-0.2, -0.15) is 0 Å². The van der Waals surface area contributed by atoms with Crippen molar-refractivity contribution in [3.05, 3.63) is 29.3 Å². The van der Waals surface area contributed by atoms with Crippen molar-refractivity contribution in [2.45, 2.75) is 45.6 Å². The minimum atomic E-state index is 0.626. The molecule has 0 spiro atoms. The van der Waals surface area contributed by atoms with Crippen molar-refractivity contribution in [3.63, 3.8) is 0 Å². The quantitative estimate of drug-likeness (QED) is 0.776. The predicted molar refractivity (Wildman–Crippen MR) is 82.5 cm³/mol. The third-order valence-electron chi connectivity index (χ3n) is 4.00. The van der Waals surface area contributed by atoms with Crippen LogP contribution in [0.5, 0.6) is 5.75 Å². The van der Waals surface area contributed by atoms with Crippen molar-refractivity contribution in [2.75, 3.05) is 26.4 Å². The Bertz CT molecular complexity index is 400. The molecule has 0 radical (unpaired) electrons. The van der Waals surface area contributed by atoms with Crippen molar-refractivity contribution in [3.8, 4) is 5.75 Å². The zero-order valence-electron chi connectivity index (χ0n) is 12.8. The van der Waals surface area contributed by atoms with Gasteiger partial charge in [0, 0.05) is 12.6 Å². The molecule has 20 heavy (non-hydrogen) atoms. The van der Waals surface area contributed by atoms with Crippen LogP contribution in [0.2, 0.25) is 0 Å². The van der Waals surface area contributed by atoms with Gasteiger partial charge in [-0.15, -0.1) is 0 Å². The molecule has 3 heteroatoms. The van der Waals surface area contributed by atoms with E-state index in [4.69, 9.17) is 9.47 Å². The van der Waals surface area contributed by atoms with Crippen LogP contribution < -0.4 is 10.1 Å². The molecule has 0 amide bonds. The summed E-state index contributed by atoms with van der Waals surface area (Å²) in [5.41, 5.74) is 2.57. The Kier molecular flexibility index (Phi) is 6.34. The number of hydrogen-bond donors (Lipinski definition) is 1. The fourth-order valence-electron chi connectivity index (χ4n) is 2.52. The van der Waals surface area contributed by atoms with Gasteiger partial charge in [0.05, 0.1) is 6.61 Å². The van der Waals surface area contributed by atoms with Crippen molar-refractivity contribution >= 4 is 0 Å². The molecule has 1 heterocycles. The van der Waals surface area contributed by atoms with Gasteiger partial charge >= 0.3 is 0 Å².